The van der Waals surface area contributed by atoms with E-state index in [0.29, 0.717) is 63.0 Å². The number of anilines is 1. The number of thiazole rings is 1. The molecule has 1 aliphatic heterocycles. The highest BCUT2D eigenvalue weighted by atomic mass is 35.5. The Kier molecular flexibility index (Phi) is 9.51. The molecule has 6 rings (SSSR count). The lowest BCUT2D eigenvalue weighted by Gasteiger charge is -2.13. The fraction of sp³-hybridized carbons (Fsp3) is 0.121. The van der Waals surface area contributed by atoms with Crippen LogP contribution in [0.4, 0.5) is 14.9 Å². The quantitative estimate of drug-likeness (QED) is 0.146. The fourth-order valence-corrected chi connectivity index (χ4v) is 6.19. The van der Waals surface area contributed by atoms with Gasteiger partial charge in [0.1, 0.15) is 23.9 Å². The summed E-state index contributed by atoms with van der Waals surface area (Å²) in [5.41, 5.74) is 3.68. The molecule has 0 spiro atoms. The van der Waals surface area contributed by atoms with Crippen molar-refractivity contribution < 1.29 is 18.7 Å². The molecule has 0 bridgehead atoms. The highest BCUT2D eigenvalue weighted by molar-refractivity contribution is 7.07. The highest BCUT2D eigenvalue weighted by Crippen LogP contribution is 2.29. The SMILES string of the molecule is O=C1OCCN1c1ccc(-c2csc(=NCCc3ccc(Cl)cc3Cl)n2/N=C/c2cc(F)ccc2Oc2cccc(Cl)c2)cc1. The van der Waals surface area contributed by atoms with E-state index >= 15 is 0 Å². The van der Waals surface area contributed by atoms with Crippen LogP contribution in [0.15, 0.2) is 100 Å². The van der Waals surface area contributed by atoms with Crippen LogP contribution in [0.2, 0.25) is 15.1 Å². The Bertz CT molecular complexity index is 1960. The molecule has 1 aliphatic rings. The zero-order chi connectivity index (χ0) is 31.3. The van der Waals surface area contributed by atoms with E-state index in [4.69, 9.17) is 54.4 Å². The molecule has 0 saturated carbocycles. The first-order valence-corrected chi connectivity index (χ1v) is 15.8. The van der Waals surface area contributed by atoms with Gasteiger partial charge in [0, 0.05) is 43.8 Å². The van der Waals surface area contributed by atoms with Crippen molar-refractivity contribution in [3.05, 3.63) is 127 Å². The molecular formula is C33H24Cl3FN4O3S. The molecule has 5 aromatic rings. The van der Waals surface area contributed by atoms with Crippen LogP contribution in [0.3, 0.4) is 0 Å². The van der Waals surface area contributed by atoms with Crippen molar-refractivity contribution >= 4 is 64.1 Å². The number of carbonyl (C=O) groups is 1. The second-order valence-corrected chi connectivity index (χ2v) is 12.0. The standard InChI is InChI=1S/C33H24Cl3FN4O3S/c34-24-2-1-3-28(17-24)44-31-11-8-26(37)16-23(31)19-39-41-30(22-5-9-27(10-6-22)40-14-15-43-33(40)42)20-45-32(41)38-13-12-21-4-7-25(35)18-29(21)36/h1-11,16-20H,12-15H2/b38-32?,39-19+. The minimum absolute atomic E-state index is 0.356. The van der Waals surface area contributed by atoms with E-state index in [0.717, 1.165) is 22.5 Å². The van der Waals surface area contributed by atoms with Crippen molar-refractivity contribution in [2.75, 3.05) is 24.6 Å². The van der Waals surface area contributed by atoms with E-state index < -0.39 is 5.82 Å². The lowest BCUT2D eigenvalue weighted by atomic mass is 10.1. The van der Waals surface area contributed by atoms with Gasteiger partial charge in [-0.25, -0.2) is 13.9 Å². The smallest absolute Gasteiger partial charge is 0.414 e. The summed E-state index contributed by atoms with van der Waals surface area (Å²) in [7, 11) is 0. The topological polar surface area (TPSA) is 68.4 Å². The Morgan fingerprint density at radius 1 is 0.978 bits per heavy atom. The highest BCUT2D eigenvalue weighted by Gasteiger charge is 2.23. The van der Waals surface area contributed by atoms with Crippen molar-refractivity contribution in [1.82, 2.24) is 4.68 Å². The number of hydrogen-bond acceptors (Lipinski definition) is 6. The predicted molar refractivity (Wildman–Crippen MR) is 178 cm³/mol. The molecule has 1 aromatic heterocycles. The number of ether oxygens (including phenoxy) is 2. The van der Waals surface area contributed by atoms with Crippen LogP contribution < -0.4 is 14.4 Å². The molecule has 45 heavy (non-hydrogen) atoms. The Hall–Kier alpha value is -4.15. The van der Waals surface area contributed by atoms with Gasteiger partial charge >= 0.3 is 6.09 Å². The number of amides is 1. The van der Waals surface area contributed by atoms with Crippen LogP contribution in [0.25, 0.3) is 11.3 Å². The Balaban J connectivity index is 1.35. The zero-order valence-corrected chi connectivity index (χ0v) is 26.6. The van der Waals surface area contributed by atoms with Gasteiger partial charge in [-0.3, -0.25) is 9.89 Å². The lowest BCUT2D eigenvalue weighted by molar-refractivity contribution is 0.181. The Morgan fingerprint density at radius 3 is 2.56 bits per heavy atom. The van der Waals surface area contributed by atoms with E-state index in [-0.39, 0.29) is 6.09 Å². The first kappa shape index (κ1) is 30.9. The maximum Gasteiger partial charge on any atom is 0.414 e. The monoisotopic (exact) mass is 680 g/mol. The molecule has 0 N–H and O–H groups in total. The van der Waals surface area contributed by atoms with Crippen LogP contribution in [-0.2, 0) is 11.2 Å². The molecule has 7 nitrogen and oxygen atoms in total. The average Bonchev–Trinajstić information content (AvgIpc) is 3.64. The van der Waals surface area contributed by atoms with Gasteiger partial charge in [-0.1, -0.05) is 59.1 Å². The number of hydrogen-bond donors (Lipinski definition) is 0. The lowest BCUT2D eigenvalue weighted by Crippen LogP contribution is -2.23. The number of benzene rings is 4. The van der Waals surface area contributed by atoms with Gasteiger partial charge < -0.3 is 9.47 Å². The van der Waals surface area contributed by atoms with Crippen molar-refractivity contribution in [1.29, 1.82) is 0 Å². The summed E-state index contributed by atoms with van der Waals surface area (Å²) in [4.78, 5) is 19.1. The molecule has 4 aromatic carbocycles. The molecule has 12 heteroatoms. The van der Waals surface area contributed by atoms with Gasteiger partial charge in [0.2, 0.25) is 4.80 Å². The van der Waals surface area contributed by atoms with E-state index in [9.17, 15) is 9.18 Å². The molecular weight excluding hydrogens is 658 g/mol. The number of cyclic esters (lactones) is 1. The van der Waals surface area contributed by atoms with Gasteiger partial charge in [-0.15, -0.1) is 11.3 Å². The van der Waals surface area contributed by atoms with Gasteiger partial charge in [-0.05, 0) is 72.6 Å². The molecule has 2 heterocycles. The Labute approximate surface area is 277 Å². The van der Waals surface area contributed by atoms with Crippen LogP contribution in [0.5, 0.6) is 11.5 Å². The molecule has 0 radical (unpaired) electrons. The molecule has 0 aliphatic carbocycles. The van der Waals surface area contributed by atoms with E-state index in [2.05, 4.69) is 0 Å². The predicted octanol–water partition coefficient (Wildman–Crippen LogP) is 9.09. The van der Waals surface area contributed by atoms with Crippen LogP contribution in [0, 0.1) is 5.82 Å². The minimum atomic E-state index is -0.439. The summed E-state index contributed by atoms with van der Waals surface area (Å²) >= 11 is 20.0. The van der Waals surface area contributed by atoms with Crippen molar-refractivity contribution in [3.8, 4) is 22.8 Å². The minimum Gasteiger partial charge on any atom is -0.457 e. The van der Waals surface area contributed by atoms with Gasteiger partial charge in [-0.2, -0.15) is 5.10 Å². The first-order valence-electron chi connectivity index (χ1n) is 13.8. The average molecular weight is 682 g/mol. The maximum absolute atomic E-state index is 14.4. The van der Waals surface area contributed by atoms with Crippen molar-refractivity contribution in [2.45, 2.75) is 6.42 Å². The normalized spacial score (nSPS) is 13.6. The van der Waals surface area contributed by atoms with Gasteiger partial charge in [0.25, 0.3) is 0 Å². The summed E-state index contributed by atoms with van der Waals surface area (Å²) in [6, 6.07) is 24.1. The largest absolute Gasteiger partial charge is 0.457 e. The second-order valence-electron chi connectivity index (χ2n) is 9.88. The van der Waals surface area contributed by atoms with Crippen LogP contribution in [0.1, 0.15) is 11.1 Å². The third-order valence-corrected chi connectivity index (χ3v) is 8.55. The summed E-state index contributed by atoms with van der Waals surface area (Å²) in [5.74, 6) is 0.467. The van der Waals surface area contributed by atoms with E-state index in [1.807, 2.05) is 35.7 Å². The number of halogens is 4. The van der Waals surface area contributed by atoms with E-state index in [1.54, 1.807) is 52.0 Å². The Morgan fingerprint density at radius 2 is 1.80 bits per heavy atom. The van der Waals surface area contributed by atoms with Crippen molar-refractivity contribution in [3.63, 3.8) is 0 Å². The van der Waals surface area contributed by atoms with Crippen molar-refractivity contribution in [2.24, 2.45) is 10.1 Å². The fourth-order valence-electron chi connectivity index (χ4n) is 4.64. The number of rotatable bonds is 9. The first-order chi connectivity index (χ1) is 21.8. The number of nitrogens with zero attached hydrogens (tertiary/aromatic N) is 4. The summed E-state index contributed by atoms with van der Waals surface area (Å²) in [6.07, 6.45) is 1.75. The molecule has 1 amide bonds. The third kappa shape index (κ3) is 7.40. The summed E-state index contributed by atoms with van der Waals surface area (Å²) in [6.45, 7) is 1.29. The number of aromatic nitrogens is 1. The number of carbonyl (C=O) groups excluding carboxylic acids is 1. The molecule has 228 valence electrons. The molecule has 0 atom stereocenters. The van der Waals surface area contributed by atoms with Crippen LogP contribution >= 0.6 is 46.1 Å². The van der Waals surface area contributed by atoms with Crippen LogP contribution in [-0.4, -0.2) is 36.7 Å². The van der Waals surface area contributed by atoms with E-state index in [1.165, 1.54) is 29.7 Å². The zero-order valence-electron chi connectivity index (χ0n) is 23.5. The third-order valence-electron chi connectivity index (χ3n) is 6.87. The molecule has 0 unspecified atom stereocenters. The van der Waals surface area contributed by atoms with Gasteiger partial charge in [0.05, 0.1) is 18.5 Å². The second kappa shape index (κ2) is 13.9. The van der Waals surface area contributed by atoms with Gasteiger partial charge in [0.15, 0.2) is 0 Å². The summed E-state index contributed by atoms with van der Waals surface area (Å²) in [5, 5.41) is 8.36. The maximum atomic E-state index is 14.4. The molecule has 1 fully saturated rings. The summed E-state index contributed by atoms with van der Waals surface area (Å²) < 4.78 is 27.2. The molecule has 1 saturated heterocycles.